The topological polar surface area (TPSA) is 54.7 Å². The second-order valence-electron chi connectivity index (χ2n) is 4.65. The second kappa shape index (κ2) is 6.93. The molecule has 1 fully saturated rings. The van der Waals surface area contributed by atoms with Gasteiger partial charge in [-0.25, -0.2) is 0 Å². The summed E-state index contributed by atoms with van der Waals surface area (Å²) in [5, 5.41) is 3.53. The number of furan rings is 1. The Bertz CT molecular complexity index is 416. The molecule has 1 N–H and O–H groups in total. The summed E-state index contributed by atoms with van der Waals surface area (Å²) in [5.74, 6) is -0.107. The van der Waals surface area contributed by atoms with E-state index in [0.29, 0.717) is 31.3 Å². The fraction of sp³-hybridized carbons (Fsp3) is 0.615. The van der Waals surface area contributed by atoms with Gasteiger partial charge in [0.25, 0.3) is 5.91 Å². The van der Waals surface area contributed by atoms with Crippen molar-refractivity contribution in [1.29, 1.82) is 0 Å². The summed E-state index contributed by atoms with van der Waals surface area (Å²) < 4.78 is 10.0. The maximum absolute atomic E-state index is 12.4. The third-order valence-electron chi connectivity index (χ3n) is 3.30. The predicted octanol–water partition coefficient (Wildman–Crippen LogP) is 1.77. The van der Waals surface area contributed by atoms with Crippen LogP contribution >= 0.6 is 11.6 Å². The highest BCUT2D eigenvalue weighted by Gasteiger charge is 2.24. The number of halogens is 1. The van der Waals surface area contributed by atoms with E-state index in [2.05, 4.69) is 5.32 Å². The largest absolute Gasteiger partial charge is 0.452 e. The van der Waals surface area contributed by atoms with Gasteiger partial charge >= 0.3 is 0 Å². The van der Waals surface area contributed by atoms with Gasteiger partial charge in [0.05, 0.1) is 18.4 Å². The molecular weight excluding hydrogens is 268 g/mol. The fourth-order valence-corrected chi connectivity index (χ4v) is 2.47. The minimum absolute atomic E-state index is 0.107. The molecule has 0 aliphatic carbocycles. The van der Waals surface area contributed by atoms with Crippen molar-refractivity contribution >= 4 is 17.5 Å². The van der Waals surface area contributed by atoms with Gasteiger partial charge in [0.2, 0.25) is 5.22 Å². The summed E-state index contributed by atoms with van der Waals surface area (Å²) in [4.78, 5) is 14.2. The van der Waals surface area contributed by atoms with E-state index in [1.807, 2.05) is 0 Å². The van der Waals surface area contributed by atoms with Crippen LogP contribution in [0.25, 0.3) is 0 Å². The van der Waals surface area contributed by atoms with E-state index in [1.165, 1.54) is 6.26 Å². The minimum Gasteiger partial charge on any atom is -0.452 e. The van der Waals surface area contributed by atoms with Crippen LogP contribution in [0.5, 0.6) is 0 Å². The van der Waals surface area contributed by atoms with E-state index in [1.54, 1.807) is 18.1 Å². The lowest BCUT2D eigenvalue weighted by molar-refractivity contribution is 0.0679. The number of carbonyl (C=O) groups excluding carboxylic acids is 1. The van der Waals surface area contributed by atoms with Crippen LogP contribution in [-0.4, -0.2) is 50.2 Å². The molecule has 0 aromatic carbocycles. The Hall–Kier alpha value is -1.04. The van der Waals surface area contributed by atoms with Gasteiger partial charge in [-0.1, -0.05) is 0 Å². The zero-order chi connectivity index (χ0) is 13.7. The monoisotopic (exact) mass is 286 g/mol. The van der Waals surface area contributed by atoms with Gasteiger partial charge in [-0.3, -0.25) is 4.79 Å². The third-order valence-corrected chi connectivity index (χ3v) is 3.60. The summed E-state index contributed by atoms with van der Waals surface area (Å²) in [6, 6.07) is 1.96. The highest BCUT2D eigenvalue weighted by Crippen LogP contribution is 2.19. The molecule has 0 radical (unpaired) electrons. The maximum Gasteiger partial charge on any atom is 0.258 e. The summed E-state index contributed by atoms with van der Waals surface area (Å²) >= 11 is 5.87. The molecule has 106 valence electrons. The second-order valence-corrected chi connectivity index (χ2v) is 4.99. The van der Waals surface area contributed by atoms with Gasteiger partial charge in [0.1, 0.15) is 0 Å². The Morgan fingerprint density at radius 3 is 3.11 bits per heavy atom. The van der Waals surface area contributed by atoms with E-state index in [9.17, 15) is 4.79 Å². The first-order valence-corrected chi connectivity index (χ1v) is 6.84. The zero-order valence-electron chi connectivity index (χ0n) is 11.0. The van der Waals surface area contributed by atoms with Crippen molar-refractivity contribution in [2.75, 3.05) is 33.4 Å². The van der Waals surface area contributed by atoms with Crippen LogP contribution in [0.15, 0.2) is 16.7 Å². The molecule has 5 nitrogen and oxygen atoms in total. The Kier molecular flexibility index (Phi) is 5.24. The zero-order valence-corrected chi connectivity index (χ0v) is 11.8. The molecule has 1 aromatic heterocycles. The maximum atomic E-state index is 12.4. The minimum atomic E-state index is -0.107. The van der Waals surface area contributed by atoms with Crippen molar-refractivity contribution in [2.45, 2.75) is 18.9 Å². The molecule has 1 aromatic rings. The number of rotatable bonds is 6. The lowest BCUT2D eigenvalue weighted by Gasteiger charge is -2.25. The van der Waals surface area contributed by atoms with Crippen molar-refractivity contribution in [3.63, 3.8) is 0 Å². The molecule has 1 amide bonds. The molecule has 0 saturated carbocycles. The van der Waals surface area contributed by atoms with Crippen LogP contribution < -0.4 is 5.32 Å². The molecule has 1 aliphatic rings. The van der Waals surface area contributed by atoms with Crippen LogP contribution in [0, 0.1) is 0 Å². The molecule has 2 heterocycles. The normalized spacial score (nSPS) is 18.7. The molecule has 6 heteroatoms. The first-order valence-electron chi connectivity index (χ1n) is 6.47. The quantitative estimate of drug-likeness (QED) is 0.866. The van der Waals surface area contributed by atoms with Crippen LogP contribution in [0.2, 0.25) is 5.22 Å². The Morgan fingerprint density at radius 2 is 2.53 bits per heavy atom. The smallest absolute Gasteiger partial charge is 0.258 e. The van der Waals surface area contributed by atoms with E-state index in [-0.39, 0.29) is 11.1 Å². The van der Waals surface area contributed by atoms with Crippen LogP contribution in [0.1, 0.15) is 23.2 Å². The standard InChI is InChI=1S/C13H19ClN2O3/c1-18-8-6-16(9-10-3-2-5-15-10)13(17)11-4-7-19-12(11)14/h4,7,10,15H,2-3,5-6,8-9H2,1H3. The lowest BCUT2D eigenvalue weighted by atomic mass is 10.2. The molecule has 0 bridgehead atoms. The molecule has 2 rings (SSSR count). The number of methoxy groups -OCH3 is 1. The number of hydrogen-bond acceptors (Lipinski definition) is 4. The Labute approximate surface area is 117 Å². The Balaban J connectivity index is 2.03. The number of nitrogens with one attached hydrogen (secondary N) is 1. The highest BCUT2D eigenvalue weighted by molar-refractivity contribution is 6.32. The van der Waals surface area contributed by atoms with Gasteiger partial charge < -0.3 is 19.4 Å². The molecule has 1 saturated heterocycles. The average Bonchev–Trinajstić information content (AvgIpc) is 3.05. The first kappa shape index (κ1) is 14.4. The number of nitrogens with zero attached hydrogens (tertiary/aromatic N) is 1. The molecule has 1 aliphatic heterocycles. The average molecular weight is 287 g/mol. The van der Waals surface area contributed by atoms with Crippen molar-refractivity contribution in [3.05, 3.63) is 23.1 Å². The van der Waals surface area contributed by atoms with Gasteiger partial charge in [0.15, 0.2) is 0 Å². The molecule has 19 heavy (non-hydrogen) atoms. The lowest BCUT2D eigenvalue weighted by Crippen LogP contribution is -2.42. The van der Waals surface area contributed by atoms with E-state index < -0.39 is 0 Å². The number of carbonyl (C=O) groups is 1. The number of ether oxygens (including phenoxy) is 1. The van der Waals surface area contributed by atoms with E-state index in [0.717, 1.165) is 19.4 Å². The summed E-state index contributed by atoms with van der Waals surface area (Å²) in [7, 11) is 1.63. The third kappa shape index (κ3) is 3.72. The van der Waals surface area contributed by atoms with Crippen molar-refractivity contribution in [2.24, 2.45) is 0 Å². The van der Waals surface area contributed by atoms with Gasteiger partial charge in [-0.15, -0.1) is 0 Å². The highest BCUT2D eigenvalue weighted by atomic mass is 35.5. The predicted molar refractivity (Wildman–Crippen MR) is 72.5 cm³/mol. The van der Waals surface area contributed by atoms with Crippen LogP contribution in [0.3, 0.4) is 0 Å². The SMILES string of the molecule is COCCN(CC1CCCN1)C(=O)c1ccoc1Cl. The van der Waals surface area contributed by atoms with Crippen molar-refractivity contribution < 1.29 is 13.9 Å². The van der Waals surface area contributed by atoms with Gasteiger partial charge in [0, 0.05) is 26.2 Å². The van der Waals surface area contributed by atoms with Crippen LogP contribution in [0.4, 0.5) is 0 Å². The molecular formula is C13H19ClN2O3. The summed E-state index contributed by atoms with van der Waals surface area (Å²) in [5.41, 5.74) is 0.413. The fourth-order valence-electron chi connectivity index (χ4n) is 2.27. The van der Waals surface area contributed by atoms with Gasteiger partial charge in [-0.05, 0) is 37.1 Å². The van der Waals surface area contributed by atoms with Crippen LogP contribution in [-0.2, 0) is 4.74 Å². The number of hydrogen-bond donors (Lipinski definition) is 1. The molecule has 1 atom stereocenters. The van der Waals surface area contributed by atoms with E-state index >= 15 is 0 Å². The summed E-state index contributed by atoms with van der Waals surface area (Å²) in [6.45, 7) is 2.75. The first-order chi connectivity index (χ1) is 9.22. The molecule has 0 spiro atoms. The van der Waals surface area contributed by atoms with Crippen molar-refractivity contribution in [1.82, 2.24) is 10.2 Å². The van der Waals surface area contributed by atoms with Crippen molar-refractivity contribution in [3.8, 4) is 0 Å². The number of amides is 1. The van der Waals surface area contributed by atoms with E-state index in [4.69, 9.17) is 20.8 Å². The molecule has 1 unspecified atom stereocenters. The Morgan fingerprint density at radius 1 is 1.68 bits per heavy atom. The van der Waals surface area contributed by atoms with Gasteiger partial charge in [-0.2, -0.15) is 0 Å². The summed E-state index contributed by atoms with van der Waals surface area (Å²) in [6.07, 6.45) is 3.68.